The summed E-state index contributed by atoms with van der Waals surface area (Å²) in [7, 11) is 0. The van der Waals surface area contributed by atoms with Crippen LogP contribution in [0.5, 0.6) is 0 Å². The predicted octanol–water partition coefficient (Wildman–Crippen LogP) is 2.31. The van der Waals surface area contributed by atoms with E-state index in [-0.39, 0.29) is 17.9 Å². The van der Waals surface area contributed by atoms with Gasteiger partial charge in [0, 0.05) is 6.04 Å². The third-order valence-electron chi connectivity index (χ3n) is 3.03. The lowest BCUT2D eigenvalue weighted by molar-refractivity contribution is -0.136. The molecule has 0 saturated carbocycles. The Kier molecular flexibility index (Phi) is 4.96. The van der Waals surface area contributed by atoms with Crippen molar-refractivity contribution in [1.29, 1.82) is 0 Å². The van der Waals surface area contributed by atoms with Crippen molar-refractivity contribution in [2.24, 2.45) is 11.7 Å². The van der Waals surface area contributed by atoms with E-state index in [1.807, 2.05) is 46.8 Å². The molecule has 0 unspecified atom stereocenters. The van der Waals surface area contributed by atoms with Gasteiger partial charge in [-0.05, 0) is 38.8 Å². The van der Waals surface area contributed by atoms with E-state index in [9.17, 15) is 4.79 Å². The Bertz CT molecular complexity index is 396. The van der Waals surface area contributed by atoms with E-state index >= 15 is 0 Å². The number of rotatable bonds is 5. The Hall–Kier alpha value is -1.29. The molecule has 1 aromatic rings. The molecule has 0 fully saturated rings. The van der Waals surface area contributed by atoms with Gasteiger partial charge < -0.3 is 15.1 Å². The summed E-state index contributed by atoms with van der Waals surface area (Å²) in [5, 5.41) is 0. The standard InChI is InChI=1S/C14H24N2O2/c1-9(2)13(15)14(17)16(10(3)4)8-12-7-6-11(5)18-12/h6-7,9-10,13H,8,15H2,1-5H3/t13-/m1/s1. The molecule has 0 aliphatic carbocycles. The zero-order valence-electron chi connectivity index (χ0n) is 11.9. The lowest BCUT2D eigenvalue weighted by atomic mass is 10.0. The van der Waals surface area contributed by atoms with Crippen LogP contribution in [0.1, 0.15) is 39.2 Å². The lowest BCUT2D eigenvalue weighted by Crippen LogP contribution is -2.48. The van der Waals surface area contributed by atoms with E-state index in [0.717, 1.165) is 11.5 Å². The molecule has 1 heterocycles. The molecule has 0 aliphatic rings. The minimum Gasteiger partial charge on any atom is -0.464 e. The first-order valence-electron chi connectivity index (χ1n) is 6.44. The second kappa shape index (κ2) is 6.05. The summed E-state index contributed by atoms with van der Waals surface area (Å²) in [6.45, 7) is 10.3. The van der Waals surface area contributed by atoms with E-state index in [2.05, 4.69) is 0 Å². The fraction of sp³-hybridized carbons (Fsp3) is 0.643. The van der Waals surface area contributed by atoms with Crippen molar-refractivity contribution in [3.8, 4) is 0 Å². The van der Waals surface area contributed by atoms with E-state index in [0.29, 0.717) is 6.54 Å². The van der Waals surface area contributed by atoms with Gasteiger partial charge in [0.25, 0.3) is 0 Å². The molecule has 0 bridgehead atoms. The fourth-order valence-corrected chi connectivity index (χ4v) is 1.73. The number of hydrogen-bond acceptors (Lipinski definition) is 3. The van der Waals surface area contributed by atoms with Crippen LogP contribution in [0.3, 0.4) is 0 Å². The quantitative estimate of drug-likeness (QED) is 0.874. The molecule has 0 aliphatic heterocycles. The number of hydrogen-bond donors (Lipinski definition) is 1. The molecule has 1 aromatic heterocycles. The van der Waals surface area contributed by atoms with Crippen LogP contribution in [0.15, 0.2) is 16.5 Å². The van der Waals surface area contributed by atoms with Crippen LogP contribution in [0.25, 0.3) is 0 Å². The largest absolute Gasteiger partial charge is 0.464 e. The highest BCUT2D eigenvalue weighted by molar-refractivity contribution is 5.82. The first-order valence-corrected chi connectivity index (χ1v) is 6.44. The van der Waals surface area contributed by atoms with Crippen LogP contribution < -0.4 is 5.73 Å². The first-order chi connectivity index (χ1) is 8.32. The second-order valence-corrected chi connectivity index (χ2v) is 5.34. The average molecular weight is 252 g/mol. The SMILES string of the molecule is Cc1ccc(CN(C(=O)[C@H](N)C(C)C)C(C)C)o1. The van der Waals surface area contributed by atoms with Crippen LogP contribution >= 0.6 is 0 Å². The molecule has 2 N–H and O–H groups in total. The number of carbonyl (C=O) groups excluding carboxylic acids is 1. The van der Waals surface area contributed by atoms with Gasteiger partial charge in [-0.3, -0.25) is 4.79 Å². The Morgan fingerprint density at radius 1 is 1.33 bits per heavy atom. The number of aryl methyl sites for hydroxylation is 1. The van der Waals surface area contributed by atoms with E-state index < -0.39 is 6.04 Å². The number of amides is 1. The van der Waals surface area contributed by atoms with Gasteiger partial charge in [0.2, 0.25) is 5.91 Å². The summed E-state index contributed by atoms with van der Waals surface area (Å²) in [4.78, 5) is 14.1. The van der Waals surface area contributed by atoms with Crippen molar-refractivity contribution < 1.29 is 9.21 Å². The Balaban J connectivity index is 2.80. The molecule has 4 nitrogen and oxygen atoms in total. The molecule has 0 radical (unpaired) electrons. The van der Waals surface area contributed by atoms with Crippen molar-refractivity contribution in [1.82, 2.24) is 4.90 Å². The van der Waals surface area contributed by atoms with Crippen LogP contribution in [-0.4, -0.2) is 22.9 Å². The third-order valence-corrected chi connectivity index (χ3v) is 3.03. The van der Waals surface area contributed by atoms with Crippen molar-refractivity contribution in [3.63, 3.8) is 0 Å². The smallest absolute Gasteiger partial charge is 0.240 e. The van der Waals surface area contributed by atoms with Gasteiger partial charge in [-0.15, -0.1) is 0 Å². The maximum Gasteiger partial charge on any atom is 0.240 e. The van der Waals surface area contributed by atoms with Crippen LogP contribution in [0.2, 0.25) is 0 Å². The summed E-state index contributed by atoms with van der Waals surface area (Å²) >= 11 is 0. The number of carbonyl (C=O) groups is 1. The Labute approximate surface area is 109 Å². The molecule has 4 heteroatoms. The van der Waals surface area contributed by atoms with Crippen molar-refractivity contribution in [2.75, 3.05) is 0 Å². The molecular formula is C14H24N2O2. The maximum absolute atomic E-state index is 12.3. The number of nitrogens with zero attached hydrogens (tertiary/aromatic N) is 1. The van der Waals surface area contributed by atoms with E-state index in [1.54, 1.807) is 4.90 Å². The van der Waals surface area contributed by atoms with Crippen molar-refractivity contribution >= 4 is 5.91 Å². The summed E-state index contributed by atoms with van der Waals surface area (Å²) in [5.74, 6) is 1.77. The summed E-state index contributed by atoms with van der Waals surface area (Å²) in [6.07, 6.45) is 0. The van der Waals surface area contributed by atoms with E-state index in [4.69, 9.17) is 10.2 Å². The second-order valence-electron chi connectivity index (χ2n) is 5.34. The monoisotopic (exact) mass is 252 g/mol. The topological polar surface area (TPSA) is 59.5 Å². The van der Waals surface area contributed by atoms with Gasteiger partial charge in [0.15, 0.2) is 0 Å². The highest BCUT2D eigenvalue weighted by Gasteiger charge is 2.26. The Morgan fingerprint density at radius 3 is 2.33 bits per heavy atom. The lowest BCUT2D eigenvalue weighted by Gasteiger charge is -2.29. The van der Waals surface area contributed by atoms with Gasteiger partial charge in [-0.2, -0.15) is 0 Å². The molecule has 0 spiro atoms. The first kappa shape index (κ1) is 14.8. The average Bonchev–Trinajstić information content (AvgIpc) is 2.69. The minimum atomic E-state index is -0.455. The molecule has 18 heavy (non-hydrogen) atoms. The molecule has 102 valence electrons. The van der Waals surface area contributed by atoms with Crippen molar-refractivity contribution in [2.45, 2.75) is 53.2 Å². The Morgan fingerprint density at radius 2 is 1.94 bits per heavy atom. The molecule has 1 rings (SSSR count). The van der Waals surface area contributed by atoms with Crippen LogP contribution in [0, 0.1) is 12.8 Å². The van der Waals surface area contributed by atoms with E-state index in [1.165, 1.54) is 0 Å². The fourth-order valence-electron chi connectivity index (χ4n) is 1.73. The zero-order chi connectivity index (χ0) is 13.9. The van der Waals surface area contributed by atoms with Crippen LogP contribution in [-0.2, 0) is 11.3 Å². The van der Waals surface area contributed by atoms with Crippen molar-refractivity contribution in [3.05, 3.63) is 23.7 Å². The summed E-state index contributed by atoms with van der Waals surface area (Å²) in [5.41, 5.74) is 5.94. The van der Waals surface area contributed by atoms with Gasteiger partial charge in [0.1, 0.15) is 11.5 Å². The molecule has 1 amide bonds. The summed E-state index contributed by atoms with van der Waals surface area (Å²) in [6, 6.07) is 3.45. The van der Waals surface area contributed by atoms with Crippen LogP contribution in [0.4, 0.5) is 0 Å². The number of nitrogens with two attached hydrogens (primary N) is 1. The predicted molar refractivity (Wildman–Crippen MR) is 71.9 cm³/mol. The van der Waals surface area contributed by atoms with Gasteiger partial charge in [-0.1, -0.05) is 13.8 Å². The molecular weight excluding hydrogens is 228 g/mol. The molecule has 0 saturated heterocycles. The molecule has 0 aromatic carbocycles. The normalized spacial score (nSPS) is 13.1. The number of furan rings is 1. The van der Waals surface area contributed by atoms with Gasteiger partial charge >= 0.3 is 0 Å². The minimum absolute atomic E-state index is 0.0194. The maximum atomic E-state index is 12.3. The highest BCUT2D eigenvalue weighted by atomic mass is 16.3. The van der Waals surface area contributed by atoms with Gasteiger partial charge in [-0.25, -0.2) is 0 Å². The zero-order valence-corrected chi connectivity index (χ0v) is 11.9. The molecule has 1 atom stereocenters. The van der Waals surface area contributed by atoms with Gasteiger partial charge in [0.05, 0.1) is 12.6 Å². The third kappa shape index (κ3) is 3.60. The highest BCUT2D eigenvalue weighted by Crippen LogP contribution is 2.14. The summed E-state index contributed by atoms with van der Waals surface area (Å²) < 4.78 is 5.52.